The number of carbonyl (C=O) groups excluding carboxylic acids is 3. The maximum atomic E-state index is 14.9. The summed E-state index contributed by atoms with van der Waals surface area (Å²) < 4.78 is 31.0. The molecule has 0 radical (unpaired) electrons. The molecule has 1 saturated carbocycles. The number of carbonyl (C=O) groups is 3. The van der Waals surface area contributed by atoms with Gasteiger partial charge in [-0.05, 0) is 41.7 Å². The second kappa shape index (κ2) is 21.0. The number of aliphatic hydroxyl groups is 5. The van der Waals surface area contributed by atoms with Crippen LogP contribution >= 0.6 is 0 Å². The Hall–Kier alpha value is -3.85. The van der Waals surface area contributed by atoms with Crippen LogP contribution in [-0.2, 0) is 51.2 Å². The Labute approximate surface area is 367 Å². The second-order valence-corrected chi connectivity index (χ2v) is 17.3. The zero-order valence-electron chi connectivity index (χ0n) is 36.0. The average molecular weight is 882 g/mol. The molecule has 7 N–H and O–H groups in total. The molecular formula is C46H63N3O14. The molecule has 4 aliphatic heterocycles. The van der Waals surface area contributed by atoms with Gasteiger partial charge in [-0.2, -0.15) is 5.06 Å². The van der Waals surface area contributed by atoms with E-state index in [9.17, 15) is 34.8 Å². The summed E-state index contributed by atoms with van der Waals surface area (Å²) in [6, 6.07) is 13.2. The van der Waals surface area contributed by atoms with Gasteiger partial charge in [-0.25, -0.2) is 0 Å². The van der Waals surface area contributed by atoms with Crippen LogP contribution in [0.1, 0.15) is 98.7 Å². The maximum Gasteiger partial charge on any atom is 0.327 e. The van der Waals surface area contributed by atoms with E-state index in [2.05, 4.69) is 24.5 Å². The fraction of sp³-hybridized carbons (Fsp3) is 0.630. The number of hydrogen-bond donors (Lipinski definition) is 7. The lowest BCUT2D eigenvalue weighted by molar-refractivity contribution is -0.298. The Bertz CT molecular complexity index is 1890. The van der Waals surface area contributed by atoms with Crippen LogP contribution in [0, 0.1) is 5.41 Å². The molecule has 11 atom stereocenters. The first kappa shape index (κ1) is 47.1. The van der Waals surface area contributed by atoms with Crippen molar-refractivity contribution in [2.75, 3.05) is 26.4 Å². The molecule has 7 rings (SSSR count). The van der Waals surface area contributed by atoms with Crippen molar-refractivity contribution in [3.05, 3.63) is 76.9 Å². The molecular weight excluding hydrogens is 819 g/mol. The second-order valence-electron chi connectivity index (χ2n) is 17.3. The molecule has 2 bridgehead atoms. The predicted octanol–water partition coefficient (Wildman–Crippen LogP) is 2.00. The summed E-state index contributed by atoms with van der Waals surface area (Å²) in [5.41, 5.74) is 1.25. The summed E-state index contributed by atoms with van der Waals surface area (Å²) in [7, 11) is 0. The van der Waals surface area contributed by atoms with Gasteiger partial charge in [0.15, 0.2) is 18.1 Å². The van der Waals surface area contributed by atoms with Gasteiger partial charge in [0.05, 0.1) is 26.4 Å². The monoisotopic (exact) mass is 881 g/mol. The molecule has 346 valence electrons. The van der Waals surface area contributed by atoms with Gasteiger partial charge in [-0.3, -0.25) is 19.2 Å². The van der Waals surface area contributed by atoms with Gasteiger partial charge >= 0.3 is 5.97 Å². The van der Waals surface area contributed by atoms with E-state index in [1.165, 1.54) is 0 Å². The lowest BCUT2D eigenvalue weighted by Gasteiger charge is -2.48. The van der Waals surface area contributed by atoms with Crippen molar-refractivity contribution in [2.24, 2.45) is 5.41 Å². The van der Waals surface area contributed by atoms with Crippen LogP contribution in [0.3, 0.4) is 0 Å². The Kier molecular flexibility index (Phi) is 15.7. The third kappa shape index (κ3) is 10.0. The summed E-state index contributed by atoms with van der Waals surface area (Å²) in [6.07, 6.45) is 1.04. The number of esters is 1. The minimum Gasteiger partial charge on any atom is -0.458 e. The van der Waals surface area contributed by atoms with Crippen molar-refractivity contribution < 1.29 is 68.4 Å². The lowest BCUT2D eigenvalue weighted by atomic mass is 9.62. The Morgan fingerprint density at radius 2 is 1.63 bits per heavy atom. The molecule has 1 aliphatic carbocycles. The molecule has 0 aromatic heterocycles. The van der Waals surface area contributed by atoms with E-state index in [4.69, 9.17) is 33.6 Å². The van der Waals surface area contributed by atoms with Gasteiger partial charge in [0, 0.05) is 37.9 Å². The number of hydroxylamine groups is 2. The number of hydrogen-bond acceptors (Lipinski definition) is 15. The number of fused-ring (bicyclic) bond motifs is 4. The van der Waals surface area contributed by atoms with E-state index in [-0.39, 0.29) is 51.1 Å². The Morgan fingerprint density at radius 3 is 2.33 bits per heavy atom. The van der Waals surface area contributed by atoms with Crippen molar-refractivity contribution >= 4 is 23.9 Å². The summed E-state index contributed by atoms with van der Waals surface area (Å²) in [6.45, 7) is 3.87. The summed E-state index contributed by atoms with van der Waals surface area (Å²) in [5.74, 6) is -2.23. The van der Waals surface area contributed by atoms with Crippen LogP contribution in [0.15, 0.2) is 54.6 Å². The molecule has 0 spiro atoms. The van der Waals surface area contributed by atoms with Crippen LogP contribution in [-0.4, -0.2) is 142 Å². The summed E-state index contributed by atoms with van der Waals surface area (Å²) in [4.78, 5) is 48.6. The minimum absolute atomic E-state index is 0.000213. The highest BCUT2D eigenvalue weighted by Gasteiger charge is 2.76. The van der Waals surface area contributed by atoms with Crippen molar-refractivity contribution in [1.29, 1.82) is 0 Å². The standard InChI is InChI=1S/C46H63N3O14/c1-3-5-7-18-45(19-8-6-4-2)61-37-32-24-46(44(57)48-25-30-11-9-13-31(23-30)41(55)47-20-21-50)39(42(56)59-32)49(63-40(46)38(37)62-45)26-29-16-14-28(15-17-29)12-10-22-58-43-36(54)35(53)34(52)33(27-51)60-43/h9-17,23,32-40,43,50-54H,3-8,18-22,24-27H2,1-2H3,(H,47,55)(H,48,57). The number of amides is 2. The van der Waals surface area contributed by atoms with Crippen LogP contribution in [0.5, 0.6) is 0 Å². The number of unbranched alkanes of at least 4 members (excludes halogenated alkanes) is 4. The molecule has 4 heterocycles. The minimum atomic E-state index is -1.54. The van der Waals surface area contributed by atoms with Gasteiger partial charge in [-0.15, -0.1) is 0 Å². The smallest absolute Gasteiger partial charge is 0.327 e. The fourth-order valence-electron chi connectivity index (χ4n) is 9.59. The van der Waals surface area contributed by atoms with Crippen LogP contribution in [0.2, 0.25) is 0 Å². The molecule has 11 unspecified atom stereocenters. The normalized spacial score (nSPS) is 32.1. The highest BCUT2D eigenvalue weighted by Crippen LogP contribution is 2.58. The lowest BCUT2D eigenvalue weighted by Crippen LogP contribution is -2.69. The first-order valence-electron chi connectivity index (χ1n) is 22.4. The molecule has 17 nitrogen and oxygen atoms in total. The fourth-order valence-corrected chi connectivity index (χ4v) is 9.59. The molecule has 2 aromatic rings. The van der Waals surface area contributed by atoms with Crippen molar-refractivity contribution in [2.45, 2.75) is 152 Å². The molecule has 63 heavy (non-hydrogen) atoms. The van der Waals surface area contributed by atoms with Gasteiger partial charge in [0.1, 0.15) is 54.2 Å². The van der Waals surface area contributed by atoms with Crippen molar-refractivity contribution in [1.82, 2.24) is 15.7 Å². The van der Waals surface area contributed by atoms with E-state index in [0.29, 0.717) is 24.0 Å². The van der Waals surface area contributed by atoms with E-state index in [1.54, 1.807) is 41.5 Å². The third-order valence-electron chi connectivity index (χ3n) is 12.9. The summed E-state index contributed by atoms with van der Waals surface area (Å²) >= 11 is 0. The first-order valence-corrected chi connectivity index (χ1v) is 22.4. The van der Waals surface area contributed by atoms with Gasteiger partial charge in [0.25, 0.3) is 5.91 Å². The number of nitrogens with zero attached hydrogens (tertiary/aromatic N) is 1. The number of nitrogens with one attached hydrogen (secondary N) is 2. The first-order chi connectivity index (χ1) is 30.5. The van der Waals surface area contributed by atoms with Crippen molar-refractivity contribution in [3.8, 4) is 0 Å². The number of ether oxygens (including phenoxy) is 5. The number of rotatable bonds is 21. The SMILES string of the molecule is CCCCCC1(CCCCC)OC2C3CC4(C(=O)NCc5cccc(C(=O)NCCO)c5)C(ON(Cc5ccc(C=CCOC6OC(CO)C(O)C(O)C6O)cc5)C4C(=O)O3)C2O1. The van der Waals surface area contributed by atoms with Gasteiger partial charge in [-0.1, -0.05) is 88.1 Å². The van der Waals surface area contributed by atoms with E-state index >= 15 is 0 Å². The van der Waals surface area contributed by atoms with E-state index in [1.807, 2.05) is 24.3 Å². The van der Waals surface area contributed by atoms with E-state index in [0.717, 1.165) is 49.7 Å². The topological polar surface area (TPSA) is 235 Å². The van der Waals surface area contributed by atoms with Crippen LogP contribution in [0.25, 0.3) is 6.08 Å². The van der Waals surface area contributed by atoms with E-state index < -0.39 is 84.9 Å². The van der Waals surface area contributed by atoms with Crippen LogP contribution < -0.4 is 10.6 Å². The quantitative estimate of drug-likeness (QED) is 0.0702. The third-order valence-corrected chi connectivity index (χ3v) is 12.9. The zero-order valence-corrected chi connectivity index (χ0v) is 36.0. The highest BCUT2D eigenvalue weighted by molar-refractivity contribution is 5.95. The average Bonchev–Trinajstić information content (AvgIpc) is 3.85. The zero-order chi connectivity index (χ0) is 44.7. The molecule has 17 heteroatoms. The Morgan fingerprint density at radius 1 is 0.905 bits per heavy atom. The molecule has 2 amide bonds. The van der Waals surface area contributed by atoms with Crippen LogP contribution in [0.4, 0.5) is 0 Å². The predicted molar refractivity (Wildman–Crippen MR) is 225 cm³/mol. The summed E-state index contributed by atoms with van der Waals surface area (Å²) in [5, 5.41) is 56.2. The van der Waals surface area contributed by atoms with Crippen molar-refractivity contribution in [3.63, 3.8) is 0 Å². The largest absolute Gasteiger partial charge is 0.458 e. The number of benzene rings is 2. The maximum absolute atomic E-state index is 14.9. The molecule has 4 saturated heterocycles. The molecule has 5 fully saturated rings. The van der Waals surface area contributed by atoms with Gasteiger partial charge in [0.2, 0.25) is 5.91 Å². The Balaban J connectivity index is 1.10. The van der Waals surface area contributed by atoms with Gasteiger partial charge < -0.3 is 59.9 Å². The molecule has 5 aliphatic rings. The highest BCUT2D eigenvalue weighted by atomic mass is 16.8. The molecule has 2 aromatic carbocycles. The number of aliphatic hydroxyl groups excluding tert-OH is 5.